The Morgan fingerprint density at radius 2 is 2.00 bits per heavy atom. The molecular formula is C19H30F3N7. The molecule has 1 atom stereocenters. The number of guanidine groups is 1. The highest BCUT2D eigenvalue weighted by atomic mass is 19.4. The number of hydrogen-bond donors (Lipinski definition) is 2. The number of anilines is 1. The highest BCUT2D eigenvalue weighted by Crippen LogP contribution is 2.20. The maximum absolute atomic E-state index is 12.5. The number of alkyl halides is 3. The van der Waals surface area contributed by atoms with Crippen LogP contribution >= 0.6 is 0 Å². The van der Waals surface area contributed by atoms with Gasteiger partial charge in [0.1, 0.15) is 5.82 Å². The van der Waals surface area contributed by atoms with Gasteiger partial charge in [-0.3, -0.25) is 9.89 Å². The number of likely N-dealkylation sites (N-methyl/N-ethyl adjacent to an activating group) is 1. The average molecular weight is 413 g/mol. The monoisotopic (exact) mass is 413 g/mol. The standard InChI is InChI=1S/C19H30F3N7/c1-23-18(26-16-4-6-28(13-16)14-19(20,21)22)25-12-15-3-5-24-17(11-15)29-9-7-27(2)8-10-29/h3,5,11,16H,4,6-10,12-14H2,1-2H3,(H2,23,25,26). The van der Waals surface area contributed by atoms with Crippen molar-refractivity contribution in [1.82, 2.24) is 25.4 Å². The van der Waals surface area contributed by atoms with E-state index in [9.17, 15) is 13.2 Å². The van der Waals surface area contributed by atoms with Gasteiger partial charge in [0.05, 0.1) is 6.54 Å². The van der Waals surface area contributed by atoms with Crippen molar-refractivity contribution in [2.24, 2.45) is 4.99 Å². The van der Waals surface area contributed by atoms with Crippen LogP contribution in [-0.4, -0.2) is 92.9 Å². The van der Waals surface area contributed by atoms with E-state index in [1.54, 1.807) is 7.05 Å². The molecule has 2 N–H and O–H groups in total. The Kier molecular flexibility index (Phi) is 7.18. The van der Waals surface area contributed by atoms with Crippen molar-refractivity contribution >= 4 is 11.8 Å². The highest BCUT2D eigenvalue weighted by molar-refractivity contribution is 5.80. The lowest BCUT2D eigenvalue weighted by atomic mass is 10.2. The predicted octanol–water partition coefficient (Wildman–Crippen LogP) is 1.14. The lowest BCUT2D eigenvalue weighted by Crippen LogP contribution is -2.45. The smallest absolute Gasteiger partial charge is 0.354 e. The van der Waals surface area contributed by atoms with Crippen LogP contribution in [0.4, 0.5) is 19.0 Å². The summed E-state index contributed by atoms with van der Waals surface area (Å²) in [6, 6.07) is 3.99. The zero-order valence-corrected chi connectivity index (χ0v) is 17.0. The number of likely N-dealkylation sites (tertiary alicyclic amines) is 1. The summed E-state index contributed by atoms with van der Waals surface area (Å²) >= 11 is 0. The van der Waals surface area contributed by atoms with Crippen LogP contribution < -0.4 is 15.5 Å². The Morgan fingerprint density at radius 1 is 1.24 bits per heavy atom. The lowest BCUT2D eigenvalue weighted by Gasteiger charge is -2.33. The molecule has 0 amide bonds. The van der Waals surface area contributed by atoms with Crippen LogP contribution in [0.5, 0.6) is 0 Å². The van der Waals surface area contributed by atoms with Gasteiger partial charge in [-0.15, -0.1) is 0 Å². The number of nitrogens with one attached hydrogen (secondary N) is 2. The summed E-state index contributed by atoms with van der Waals surface area (Å²) in [5, 5.41) is 6.49. The van der Waals surface area contributed by atoms with Crippen molar-refractivity contribution in [2.45, 2.75) is 25.2 Å². The highest BCUT2D eigenvalue weighted by Gasteiger charge is 2.34. The Morgan fingerprint density at radius 3 is 2.69 bits per heavy atom. The molecule has 3 rings (SSSR count). The van der Waals surface area contributed by atoms with Crippen molar-refractivity contribution in [2.75, 3.05) is 64.8 Å². The summed E-state index contributed by atoms with van der Waals surface area (Å²) in [4.78, 5) is 14.7. The van der Waals surface area contributed by atoms with Gasteiger partial charge in [0, 0.05) is 65.1 Å². The van der Waals surface area contributed by atoms with Crippen LogP contribution in [0, 0.1) is 0 Å². The molecule has 162 valence electrons. The van der Waals surface area contributed by atoms with E-state index in [4.69, 9.17) is 0 Å². The molecular weight excluding hydrogens is 383 g/mol. The Labute approximate surface area is 170 Å². The first-order valence-electron chi connectivity index (χ1n) is 9.97. The first-order valence-corrected chi connectivity index (χ1v) is 9.97. The van der Waals surface area contributed by atoms with Gasteiger partial charge in [-0.05, 0) is 31.2 Å². The third-order valence-corrected chi connectivity index (χ3v) is 5.34. The van der Waals surface area contributed by atoms with Gasteiger partial charge in [0.2, 0.25) is 0 Å². The Balaban J connectivity index is 1.48. The fourth-order valence-corrected chi connectivity index (χ4v) is 3.70. The van der Waals surface area contributed by atoms with Gasteiger partial charge in [-0.1, -0.05) is 0 Å². The normalized spacial score (nSPS) is 22.2. The van der Waals surface area contributed by atoms with Crippen LogP contribution in [0.3, 0.4) is 0 Å². The summed E-state index contributed by atoms with van der Waals surface area (Å²) in [6.45, 7) is 4.47. The molecule has 0 aromatic carbocycles. The number of nitrogens with zero attached hydrogens (tertiary/aromatic N) is 5. The van der Waals surface area contributed by atoms with Crippen LogP contribution in [0.1, 0.15) is 12.0 Å². The second-order valence-corrected chi connectivity index (χ2v) is 7.72. The predicted molar refractivity (Wildman–Crippen MR) is 108 cm³/mol. The summed E-state index contributed by atoms with van der Waals surface area (Å²) in [5.74, 6) is 1.57. The molecule has 3 heterocycles. The zero-order valence-electron chi connectivity index (χ0n) is 17.0. The summed E-state index contributed by atoms with van der Waals surface area (Å²) < 4.78 is 37.6. The first kappa shape index (κ1) is 21.6. The van der Waals surface area contributed by atoms with Gasteiger partial charge in [0.25, 0.3) is 0 Å². The van der Waals surface area contributed by atoms with E-state index in [0.717, 1.165) is 37.6 Å². The molecule has 0 radical (unpaired) electrons. The molecule has 1 unspecified atom stereocenters. The van der Waals surface area contributed by atoms with Crippen molar-refractivity contribution in [3.8, 4) is 0 Å². The number of aliphatic imine (C=N–C) groups is 1. The number of pyridine rings is 1. The fourth-order valence-electron chi connectivity index (χ4n) is 3.70. The molecule has 10 heteroatoms. The van der Waals surface area contributed by atoms with E-state index in [2.05, 4.69) is 43.5 Å². The van der Waals surface area contributed by atoms with E-state index in [0.29, 0.717) is 32.0 Å². The van der Waals surface area contributed by atoms with E-state index in [-0.39, 0.29) is 6.04 Å². The minimum Gasteiger partial charge on any atom is -0.354 e. The van der Waals surface area contributed by atoms with Crippen LogP contribution in [0.25, 0.3) is 0 Å². The molecule has 0 saturated carbocycles. The summed E-state index contributed by atoms with van der Waals surface area (Å²) in [5.41, 5.74) is 1.09. The van der Waals surface area contributed by atoms with Gasteiger partial charge in [-0.2, -0.15) is 13.2 Å². The molecule has 2 fully saturated rings. The first-order chi connectivity index (χ1) is 13.8. The average Bonchev–Trinajstić information content (AvgIpc) is 3.11. The Hall–Kier alpha value is -2.07. The van der Waals surface area contributed by atoms with Crippen molar-refractivity contribution in [3.05, 3.63) is 23.9 Å². The molecule has 0 aliphatic carbocycles. The third kappa shape index (κ3) is 6.74. The second kappa shape index (κ2) is 9.62. The van der Waals surface area contributed by atoms with E-state index >= 15 is 0 Å². The molecule has 7 nitrogen and oxygen atoms in total. The minimum absolute atomic E-state index is 0.0399. The molecule has 1 aromatic heterocycles. The minimum atomic E-state index is -4.16. The van der Waals surface area contributed by atoms with Crippen molar-refractivity contribution in [1.29, 1.82) is 0 Å². The van der Waals surface area contributed by atoms with Gasteiger partial charge in [-0.25, -0.2) is 4.98 Å². The van der Waals surface area contributed by atoms with Crippen LogP contribution in [0.2, 0.25) is 0 Å². The fraction of sp³-hybridized carbons (Fsp3) is 0.684. The van der Waals surface area contributed by atoms with Gasteiger partial charge in [0.15, 0.2) is 5.96 Å². The molecule has 0 spiro atoms. The van der Waals surface area contributed by atoms with Gasteiger partial charge >= 0.3 is 6.18 Å². The molecule has 2 aliphatic rings. The largest absolute Gasteiger partial charge is 0.401 e. The zero-order chi connectivity index (χ0) is 20.9. The summed E-state index contributed by atoms with van der Waals surface area (Å²) in [7, 11) is 3.79. The third-order valence-electron chi connectivity index (χ3n) is 5.34. The van der Waals surface area contributed by atoms with E-state index in [1.165, 1.54) is 4.90 Å². The van der Waals surface area contributed by atoms with Gasteiger partial charge < -0.3 is 20.4 Å². The number of rotatable bonds is 5. The van der Waals surface area contributed by atoms with E-state index < -0.39 is 12.7 Å². The lowest BCUT2D eigenvalue weighted by molar-refractivity contribution is -0.143. The molecule has 1 aromatic rings. The SMILES string of the molecule is CN=C(NCc1ccnc(N2CCN(C)CC2)c1)NC1CCN(CC(F)(F)F)C1. The van der Waals surface area contributed by atoms with Crippen LogP contribution in [-0.2, 0) is 6.54 Å². The molecule has 29 heavy (non-hydrogen) atoms. The topological polar surface area (TPSA) is 59.0 Å². The maximum Gasteiger partial charge on any atom is 0.401 e. The van der Waals surface area contributed by atoms with Crippen molar-refractivity contribution < 1.29 is 13.2 Å². The Bertz CT molecular complexity index is 687. The number of hydrogen-bond acceptors (Lipinski definition) is 5. The molecule has 2 saturated heterocycles. The maximum atomic E-state index is 12.5. The number of piperazine rings is 1. The molecule has 0 bridgehead atoms. The summed E-state index contributed by atoms with van der Waals surface area (Å²) in [6.07, 6.45) is -1.68. The second-order valence-electron chi connectivity index (χ2n) is 7.72. The number of aromatic nitrogens is 1. The van der Waals surface area contributed by atoms with Crippen LogP contribution in [0.15, 0.2) is 23.3 Å². The quantitative estimate of drug-likeness (QED) is 0.558. The number of halogens is 3. The van der Waals surface area contributed by atoms with E-state index in [1.807, 2.05) is 12.3 Å². The molecule has 2 aliphatic heterocycles. The van der Waals surface area contributed by atoms with Crippen molar-refractivity contribution in [3.63, 3.8) is 0 Å².